The first kappa shape index (κ1) is 20.7. The van der Waals surface area contributed by atoms with Gasteiger partial charge in [-0.05, 0) is 30.5 Å². The minimum Gasteiger partial charge on any atom is -0.467 e. The van der Waals surface area contributed by atoms with Gasteiger partial charge < -0.3 is 15.4 Å². The van der Waals surface area contributed by atoms with Gasteiger partial charge in [-0.15, -0.1) is 0 Å². The zero-order chi connectivity index (χ0) is 18.3. The Kier molecular flexibility index (Phi) is 8.53. The maximum atomic E-state index is 12.1. The van der Waals surface area contributed by atoms with Crippen LogP contribution in [0.2, 0.25) is 10.0 Å². The second-order valence-electron chi connectivity index (χ2n) is 5.72. The number of ether oxygens (including phenoxy) is 1. The smallest absolute Gasteiger partial charge is 0.328 e. The van der Waals surface area contributed by atoms with E-state index in [2.05, 4.69) is 10.6 Å². The molecule has 0 fully saturated rings. The Morgan fingerprint density at radius 2 is 1.92 bits per heavy atom. The van der Waals surface area contributed by atoms with Crippen LogP contribution < -0.4 is 10.6 Å². The number of hydrogen-bond donors (Lipinski definition) is 2. The van der Waals surface area contributed by atoms with Crippen molar-refractivity contribution in [1.29, 1.82) is 0 Å². The lowest BCUT2D eigenvalue weighted by molar-refractivity contribution is -0.146. The van der Waals surface area contributed by atoms with Crippen LogP contribution in [0.1, 0.15) is 38.8 Å². The number of carbonyl (C=O) groups excluding carboxylic acids is 2. The monoisotopic (exact) mass is 374 g/mol. The molecule has 134 valence electrons. The first-order valence-corrected chi connectivity index (χ1v) is 8.61. The number of esters is 1. The summed E-state index contributed by atoms with van der Waals surface area (Å²) in [5, 5.41) is 6.90. The van der Waals surface area contributed by atoms with E-state index in [-0.39, 0.29) is 24.4 Å². The number of carbonyl (C=O) groups is 2. The van der Waals surface area contributed by atoms with E-state index in [1.807, 2.05) is 26.8 Å². The highest BCUT2D eigenvalue weighted by molar-refractivity contribution is 6.35. The predicted octanol–water partition coefficient (Wildman–Crippen LogP) is 3.35. The molecule has 1 aromatic rings. The van der Waals surface area contributed by atoms with Gasteiger partial charge in [0.1, 0.15) is 6.04 Å². The molecule has 1 aromatic carbocycles. The minimum atomic E-state index is -0.649. The number of methoxy groups -OCH3 is 1. The minimum absolute atomic E-state index is 0.00969. The van der Waals surface area contributed by atoms with Crippen LogP contribution >= 0.6 is 23.2 Å². The maximum Gasteiger partial charge on any atom is 0.328 e. The average Bonchev–Trinajstić information content (AvgIpc) is 2.56. The predicted molar refractivity (Wildman–Crippen MR) is 96.3 cm³/mol. The van der Waals surface area contributed by atoms with Gasteiger partial charge in [-0.2, -0.15) is 0 Å². The fraction of sp³-hybridized carbons (Fsp3) is 0.529. The zero-order valence-electron chi connectivity index (χ0n) is 14.4. The first-order valence-electron chi connectivity index (χ1n) is 7.85. The van der Waals surface area contributed by atoms with Crippen molar-refractivity contribution in [2.24, 2.45) is 5.92 Å². The summed E-state index contributed by atoms with van der Waals surface area (Å²) >= 11 is 12.0. The van der Waals surface area contributed by atoms with Gasteiger partial charge in [0.15, 0.2) is 0 Å². The van der Waals surface area contributed by atoms with Crippen molar-refractivity contribution in [1.82, 2.24) is 10.6 Å². The largest absolute Gasteiger partial charge is 0.467 e. The molecule has 24 heavy (non-hydrogen) atoms. The molecule has 0 spiro atoms. The van der Waals surface area contributed by atoms with Crippen molar-refractivity contribution in [3.63, 3.8) is 0 Å². The molecule has 0 aliphatic carbocycles. The molecule has 3 atom stereocenters. The Morgan fingerprint density at radius 1 is 1.25 bits per heavy atom. The van der Waals surface area contributed by atoms with Crippen LogP contribution in [0.4, 0.5) is 0 Å². The number of amides is 1. The number of halogens is 2. The highest BCUT2D eigenvalue weighted by atomic mass is 35.5. The van der Waals surface area contributed by atoms with Crippen LogP contribution in [-0.4, -0.2) is 31.6 Å². The molecule has 5 nitrogen and oxygen atoms in total. The van der Waals surface area contributed by atoms with Gasteiger partial charge in [0.05, 0.1) is 13.7 Å². The number of benzene rings is 1. The summed E-state index contributed by atoms with van der Waals surface area (Å²) in [5.41, 5.74) is 0.848. The average molecular weight is 375 g/mol. The third-order valence-electron chi connectivity index (χ3n) is 3.98. The first-order chi connectivity index (χ1) is 11.3. The molecule has 3 unspecified atom stereocenters. The van der Waals surface area contributed by atoms with Crippen molar-refractivity contribution in [3.05, 3.63) is 33.8 Å². The van der Waals surface area contributed by atoms with Crippen molar-refractivity contribution in [3.8, 4) is 0 Å². The Bertz CT molecular complexity index is 581. The van der Waals surface area contributed by atoms with Crippen LogP contribution in [0.3, 0.4) is 0 Å². The summed E-state index contributed by atoms with van der Waals surface area (Å²) < 4.78 is 4.75. The summed E-state index contributed by atoms with van der Waals surface area (Å²) in [6.45, 7) is 5.81. The molecule has 2 N–H and O–H groups in total. The van der Waals surface area contributed by atoms with Gasteiger partial charge >= 0.3 is 5.97 Å². The van der Waals surface area contributed by atoms with E-state index in [0.29, 0.717) is 10.0 Å². The second-order valence-corrected chi connectivity index (χ2v) is 6.57. The summed E-state index contributed by atoms with van der Waals surface area (Å²) in [5.74, 6) is -0.723. The van der Waals surface area contributed by atoms with E-state index in [0.717, 1.165) is 12.0 Å². The van der Waals surface area contributed by atoms with Crippen LogP contribution in [0.5, 0.6) is 0 Å². The number of rotatable bonds is 8. The van der Waals surface area contributed by atoms with Crippen molar-refractivity contribution in [2.45, 2.75) is 39.3 Å². The molecular weight excluding hydrogens is 351 g/mol. The van der Waals surface area contributed by atoms with E-state index in [4.69, 9.17) is 27.9 Å². The van der Waals surface area contributed by atoms with E-state index in [1.54, 1.807) is 12.1 Å². The Morgan fingerprint density at radius 3 is 2.46 bits per heavy atom. The molecule has 1 rings (SSSR count). The normalized spacial score (nSPS) is 14.6. The summed E-state index contributed by atoms with van der Waals surface area (Å²) in [6, 6.07) is 4.44. The number of nitrogens with one attached hydrogen (secondary N) is 2. The summed E-state index contributed by atoms with van der Waals surface area (Å²) in [6.07, 6.45) is 0.754. The molecule has 0 aromatic heterocycles. The molecule has 0 radical (unpaired) electrons. The standard InChI is InChI=1S/C17H24Cl2N2O3/c1-5-10(2)16(17(23)24-4)21-15(22)9-20-11(3)13-7-6-12(18)8-14(13)19/h6-8,10-11,16,20H,5,9H2,1-4H3,(H,21,22). The van der Waals surface area contributed by atoms with Crippen molar-refractivity contribution in [2.75, 3.05) is 13.7 Å². The van der Waals surface area contributed by atoms with E-state index in [9.17, 15) is 9.59 Å². The molecule has 1 amide bonds. The van der Waals surface area contributed by atoms with Crippen LogP contribution in [-0.2, 0) is 14.3 Å². The highest BCUT2D eigenvalue weighted by Gasteiger charge is 2.26. The second kappa shape index (κ2) is 9.87. The molecule has 7 heteroatoms. The Hall–Kier alpha value is -1.30. The third kappa shape index (κ3) is 5.96. The lowest BCUT2D eigenvalue weighted by atomic mass is 9.99. The SMILES string of the molecule is CCC(C)C(NC(=O)CNC(C)c1ccc(Cl)cc1Cl)C(=O)OC. The van der Waals surface area contributed by atoms with Gasteiger partial charge in [0, 0.05) is 16.1 Å². The molecule has 0 bridgehead atoms. The van der Waals surface area contributed by atoms with E-state index >= 15 is 0 Å². The molecule has 0 aliphatic rings. The van der Waals surface area contributed by atoms with Gasteiger partial charge in [0.25, 0.3) is 0 Å². The van der Waals surface area contributed by atoms with Gasteiger partial charge in [-0.1, -0.05) is 49.5 Å². The fourth-order valence-electron chi connectivity index (χ4n) is 2.23. The van der Waals surface area contributed by atoms with Crippen LogP contribution in [0, 0.1) is 5.92 Å². The van der Waals surface area contributed by atoms with E-state index in [1.165, 1.54) is 7.11 Å². The highest BCUT2D eigenvalue weighted by Crippen LogP contribution is 2.25. The summed E-state index contributed by atoms with van der Waals surface area (Å²) in [4.78, 5) is 23.9. The lowest BCUT2D eigenvalue weighted by Gasteiger charge is -2.22. The molecule has 0 saturated carbocycles. The van der Waals surface area contributed by atoms with Gasteiger partial charge in [-0.3, -0.25) is 4.79 Å². The van der Waals surface area contributed by atoms with Crippen LogP contribution in [0.15, 0.2) is 18.2 Å². The fourth-order valence-corrected chi connectivity index (χ4v) is 2.80. The van der Waals surface area contributed by atoms with Crippen molar-refractivity contribution >= 4 is 35.1 Å². The third-order valence-corrected chi connectivity index (χ3v) is 4.54. The molecule has 0 saturated heterocycles. The number of hydrogen-bond acceptors (Lipinski definition) is 4. The Labute approximate surface area is 153 Å². The maximum absolute atomic E-state index is 12.1. The molecule has 0 heterocycles. The van der Waals surface area contributed by atoms with Crippen LogP contribution in [0.25, 0.3) is 0 Å². The van der Waals surface area contributed by atoms with Gasteiger partial charge in [0.2, 0.25) is 5.91 Å². The van der Waals surface area contributed by atoms with Crippen molar-refractivity contribution < 1.29 is 14.3 Å². The lowest BCUT2D eigenvalue weighted by Crippen LogP contribution is -2.48. The summed E-state index contributed by atoms with van der Waals surface area (Å²) in [7, 11) is 1.31. The molecule has 0 aliphatic heterocycles. The van der Waals surface area contributed by atoms with Gasteiger partial charge in [-0.25, -0.2) is 4.79 Å². The zero-order valence-corrected chi connectivity index (χ0v) is 15.9. The topological polar surface area (TPSA) is 67.4 Å². The van der Waals surface area contributed by atoms with E-state index < -0.39 is 12.0 Å². The molecular formula is C17H24Cl2N2O3. The quantitative estimate of drug-likeness (QED) is 0.684. The Balaban J connectivity index is 2.62.